The van der Waals surface area contributed by atoms with Gasteiger partial charge in [-0.15, -0.1) is 0 Å². The molecular weight excluding hydrogens is 290 g/mol. The zero-order valence-corrected chi connectivity index (χ0v) is 13.9. The largest absolute Gasteiger partial charge is 0.326 e. The van der Waals surface area contributed by atoms with E-state index in [1.807, 2.05) is 30.0 Å². The molecule has 1 aliphatic heterocycles. The van der Waals surface area contributed by atoms with Crippen LogP contribution in [0.5, 0.6) is 0 Å². The van der Waals surface area contributed by atoms with Crippen molar-refractivity contribution in [3.63, 3.8) is 0 Å². The van der Waals surface area contributed by atoms with Gasteiger partial charge in [0.05, 0.1) is 0 Å². The molecule has 0 aromatic heterocycles. The lowest BCUT2D eigenvalue weighted by Gasteiger charge is -2.31. The van der Waals surface area contributed by atoms with Gasteiger partial charge in [0.15, 0.2) is 0 Å². The number of likely N-dealkylation sites (tertiary alicyclic amines) is 1. The molecule has 1 saturated carbocycles. The Labute approximate surface area is 137 Å². The highest BCUT2D eigenvalue weighted by Gasteiger charge is 2.29. The van der Waals surface area contributed by atoms with E-state index in [9.17, 15) is 9.59 Å². The quantitative estimate of drug-likeness (QED) is 0.895. The number of nitrogens with one attached hydrogen (secondary N) is 2. The van der Waals surface area contributed by atoms with Gasteiger partial charge in [0, 0.05) is 30.4 Å². The zero-order valence-electron chi connectivity index (χ0n) is 13.9. The fourth-order valence-corrected chi connectivity index (χ4v) is 2.99. The number of piperidine rings is 1. The van der Waals surface area contributed by atoms with Crippen molar-refractivity contribution >= 4 is 23.3 Å². The van der Waals surface area contributed by atoms with Gasteiger partial charge in [0.2, 0.25) is 5.91 Å². The second-order valence-electron chi connectivity index (χ2n) is 6.92. The van der Waals surface area contributed by atoms with Gasteiger partial charge >= 0.3 is 6.03 Å². The van der Waals surface area contributed by atoms with Crippen molar-refractivity contribution in [1.82, 2.24) is 4.90 Å². The molecule has 124 valence electrons. The maximum Gasteiger partial charge on any atom is 0.321 e. The van der Waals surface area contributed by atoms with Gasteiger partial charge < -0.3 is 15.5 Å². The summed E-state index contributed by atoms with van der Waals surface area (Å²) < 4.78 is 0. The third-order valence-electron chi connectivity index (χ3n) is 4.64. The number of carbonyl (C=O) groups excluding carboxylic acids is 2. The van der Waals surface area contributed by atoms with Crippen molar-refractivity contribution in [2.45, 2.75) is 39.5 Å². The maximum absolute atomic E-state index is 12.4. The minimum absolute atomic E-state index is 0.0506. The number of hydrogen-bond acceptors (Lipinski definition) is 2. The van der Waals surface area contributed by atoms with E-state index in [0.29, 0.717) is 5.92 Å². The lowest BCUT2D eigenvalue weighted by molar-refractivity contribution is -0.117. The summed E-state index contributed by atoms with van der Waals surface area (Å²) >= 11 is 0. The zero-order chi connectivity index (χ0) is 16.4. The lowest BCUT2D eigenvalue weighted by Crippen LogP contribution is -2.41. The second kappa shape index (κ2) is 6.60. The summed E-state index contributed by atoms with van der Waals surface area (Å²) in [6, 6.07) is 5.61. The van der Waals surface area contributed by atoms with Gasteiger partial charge in [-0.1, -0.05) is 13.0 Å². The third kappa shape index (κ3) is 4.03. The number of hydrogen-bond donors (Lipinski definition) is 2. The highest BCUT2D eigenvalue weighted by atomic mass is 16.2. The first-order valence-electron chi connectivity index (χ1n) is 8.50. The maximum atomic E-state index is 12.4. The Morgan fingerprint density at radius 3 is 2.65 bits per heavy atom. The summed E-state index contributed by atoms with van der Waals surface area (Å²) in [4.78, 5) is 26.2. The Hall–Kier alpha value is -2.04. The van der Waals surface area contributed by atoms with Crippen LogP contribution in [0.2, 0.25) is 0 Å². The fourth-order valence-electron chi connectivity index (χ4n) is 2.99. The average Bonchev–Trinajstić information content (AvgIpc) is 3.35. The number of benzene rings is 1. The Morgan fingerprint density at radius 2 is 1.96 bits per heavy atom. The van der Waals surface area contributed by atoms with E-state index in [2.05, 4.69) is 17.6 Å². The number of aryl methyl sites for hydroxylation is 1. The van der Waals surface area contributed by atoms with Crippen LogP contribution in [0.1, 0.15) is 38.2 Å². The molecule has 0 radical (unpaired) electrons. The van der Waals surface area contributed by atoms with Crippen LogP contribution in [0.4, 0.5) is 16.2 Å². The first-order chi connectivity index (χ1) is 11.0. The topological polar surface area (TPSA) is 61.4 Å². The molecule has 1 heterocycles. The van der Waals surface area contributed by atoms with Crippen LogP contribution in [0.25, 0.3) is 0 Å². The van der Waals surface area contributed by atoms with Crippen molar-refractivity contribution in [1.29, 1.82) is 0 Å². The third-order valence-corrected chi connectivity index (χ3v) is 4.64. The van der Waals surface area contributed by atoms with Crippen molar-refractivity contribution in [3.8, 4) is 0 Å². The first-order valence-corrected chi connectivity index (χ1v) is 8.50. The van der Waals surface area contributed by atoms with Crippen molar-refractivity contribution in [3.05, 3.63) is 23.8 Å². The minimum Gasteiger partial charge on any atom is -0.326 e. The Bertz CT molecular complexity index is 610. The standard InChI is InChI=1S/C18H25N3O2/c1-12-4-3-9-21(11-12)18(23)20-16-10-15(8-5-13(16)2)19-17(22)14-6-7-14/h5,8,10,12,14H,3-4,6-7,9,11H2,1-2H3,(H,19,22)(H,20,23)/t12-/m1/s1. The van der Waals surface area contributed by atoms with Crippen molar-refractivity contribution in [2.75, 3.05) is 23.7 Å². The summed E-state index contributed by atoms with van der Waals surface area (Å²) in [5.74, 6) is 0.805. The summed E-state index contributed by atoms with van der Waals surface area (Å²) in [5, 5.41) is 5.92. The predicted octanol–water partition coefficient (Wildman–Crippen LogP) is 3.61. The van der Waals surface area contributed by atoms with Crippen LogP contribution >= 0.6 is 0 Å². The molecule has 2 fully saturated rings. The van der Waals surface area contributed by atoms with Crippen LogP contribution in [0, 0.1) is 18.8 Å². The molecule has 0 bridgehead atoms. The second-order valence-corrected chi connectivity index (χ2v) is 6.92. The molecule has 0 unspecified atom stereocenters. The summed E-state index contributed by atoms with van der Waals surface area (Å²) in [5.41, 5.74) is 2.50. The van der Waals surface area contributed by atoms with Gasteiger partial charge in [-0.2, -0.15) is 0 Å². The van der Waals surface area contributed by atoms with Crippen LogP contribution in [-0.4, -0.2) is 29.9 Å². The molecule has 3 rings (SSSR count). The Morgan fingerprint density at radius 1 is 1.17 bits per heavy atom. The van der Waals surface area contributed by atoms with E-state index in [1.54, 1.807) is 0 Å². The number of carbonyl (C=O) groups is 2. The van der Waals surface area contributed by atoms with Gasteiger partial charge in [-0.3, -0.25) is 4.79 Å². The van der Waals surface area contributed by atoms with E-state index >= 15 is 0 Å². The molecule has 5 nitrogen and oxygen atoms in total. The minimum atomic E-state index is -0.0506. The smallest absolute Gasteiger partial charge is 0.321 e. The summed E-state index contributed by atoms with van der Waals surface area (Å²) in [6.45, 7) is 5.76. The van der Waals surface area contributed by atoms with Crippen LogP contribution in [0.3, 0.4) is 0 Å². The summed E-state index contributed by atoms with van der Waals surface area (Å²) in [7, 11) is 0. The Balaban J connectivity index is 1.66. The molecular formula is C18H25N3O2. The molecule has 1 aliphatic carbocycles. The van der Waals surface area contributed by atoms with E-state index in [-0.39, 0.29) is 17.9 Å². The van der Waals surface area contributed by atoms with Gasteiger partial charge in [-0.25, -0.2) is 4.79 Å². The molecule has 23 heavy (non-hydrogen) atoms. The number of nitrogens with zero attached hydrogens (tertiary/aromatic N) is 1. The monoisotopic (exact) mass is 315 g/mol. The molecule has 5 heteroatoms. The summed E-state index contributed by atoms with van der Waals surface area (Å²) in [6.07, 6.45) is 4.21. The normalized spacial score (nSPS) is 21.0. The number of urea groups is 1. The predicted molar refractivity (Wildman–Crippen MR) is 91.5 cm³/mol. The van der Waals surface area contributed by atoms with Gasteiger partial charge in [0.1, 0.15) is 0 Å². The van der Waals surface area contributed by atoms with E-state index in [0.717, 1.165) is 49.3 Å². The first kappa shape index (κ1) is 15.8. The van der Waals surface area contributed by atoms with Crippen LogP contribution in [-0.2, 0) is 4.79 Å². The van der Waals surface area contributed by atoms with Crippen LogP contribution < -0.4 is 10.6 Å². The highest BCUT2D eigenvalue weighted by Crippen LogP contribution is 2.31. The van der Waals surface area contributed by atoms with Crippen LogP contribution in [0.15, 0.2) is 18.2 Å². The van der Waals surface area contributed by atoms with Gasteiger partial charge in [-0.05, 0) is 56.2 Å². The van der Waals surface area contributed by atoms with Gasteiger partial charge in [0.25, 0.3) is 0 Å². The SMILES string of the molecule is Cc1ccc(NC(=O)C2CC2)cc1NC(=O)N1CCC[C@@H](C)C1. The van der Waals surface area contributed by atoms with E-state index in [1.165, 1.54) is 6.42 Å². The molecule has 2 N–H and O–H groups in total. The number of amides is 3. The molecule has 1 atom stereocenters. The molecule has 0 spiro atoms. The molecule has 1 aromatic rings. The fraction of sp³-hybridized carbons (Fsp3) is 0.556. The average molecular weight is 315 g/mol. The molecule has 3 amide bonds. The van der Waals surface area contributed by atoms with Crippen molar-refractivity contribution in [2.24, 2.45) is 11.8 Å². The highest BCUT2D eigenvalue weighted by molar-refractivity contribution is 5.96. The molecule has 2 aliphatic rings. The molecule has 1 saturated heterocycles. The Kier molecular flexibility index (Phi) is 4.55. The molecule has 1 aromatic carbocycles. The van der Waals surface area contributed by atoms with E-state index < -0.39 is 0 Å². The lowest BCUT2D eigenvalue weighted by atomic mass is 10.0. The van der Waals surface area contributed by atoms with Crippen molar-refractivity contribution < 1.29 is 9.59 Å². The van der Waals surface area contributed by atoms with E-state index in [4.69, 9.17) is 0 Å². The number of anilines is 2. The number of rotatable bonds is 3.